The highest BCUT2D eigenvalue weighted by atomic mass is 16.1. The number of nitrogens with one attached hydrogen (secondary N) is 2. The van der Waals surface area contributed by atoms with Gasteiger partial charge in [0.15, 0.2) is 0 Å². The highest BCUT2D eigenvalue weighted by Gasteiger charge is 2.20. The lowest BCUT2D eigenvalue weighted by Crippen LogP contribution is -2.29. The summed E-state index contributed by atoms with van der Waals surface area (Å²) < 4.78 is 0. The van der Waals surface area contributed by atoms with Gasteiger partial charge < -0.3 is 10.6 Å². The zero-order valence-corrected chi connectivity index (χ0v) is 12.0. The summed E-state index contributed by atoms with van der Waals surface area (Å²) >= 11 is 0. The van der Waals surface area contributed by atoms with Gasteiger partial charge in [-0.15, -0.1) is 0 Å². The lowest BCUT2D eigenvalue weighted by Gasteiger charge is -2.07. The van der Waals surface area contributed by atoms with E-state index < -0.39 is 0 Å². The van der Waals surface area contributed by atoms with E-state index in [1.807, 2.05) is 42.5 Å². The molecule has 3 nitrogen and oxygen atoms in total. The minimum absolute atomic E-state index is 0.0168. The first-order valence-corrected chi connectivity index (χ1v) is 7.47. The molecule has 2 aromatic rings. The van der Waals surface area contributed by atoms with Gasteiger partial charge in [-0.2, -0.15) is 0 Å². The highest BCUT2D eigenvalue weighted by Crippen LogP contribution is 2.27. The first kappa shape index (κ1) is 13.8. The fraction of sp³-hybridized carbons (Fsp3) is 0.278. The van der Waals surface area contributed by atoms with Crippen molar-refractivity contribution in [3.8, 4) is 11.1 Å². The van der Waals surface area contributed by atoms with Crippen LogP contribution in [0.2, 0.25) is 0 Å². The Balaban J connectivity index is 1.52. The summed E-state index contributed by atoms with van der Waals surface area (Å²) in [6.07, 6.45) is 2.60. The molecule has 1 aliphatic carbocycles. The minimum Gasteiger partial charge on any atom is -0.325 e. The van der Waals surface area contributed by atoms with Gasteiger partial charge in [0, 0.05) is 5.69 Å². The summed E-state index contributed by atoms with van der Waals surface area (Å²) in [5.41, 5.74) is 3.18. The van der Waals surface area contributed by atoms with Crippen molar-refractivity contribution in [1.29, 1.82) is 0 Å². The molecule has 0 bridgehead atoms. The van der Waals surface area contributed by atoms with E-state index in [-0.39, 0.29) is 5.91 Å². The molecule has 3 rings (SSSR count). The third-order valence-corrected chi connectivity index (χ3v) is 3.69. The molecular weight excluding hydrogens is 260 g/mol. The van der Waals surface area contributed by atoms with Crippen molar-refractivity contribution in [3.05, 3.63) is 54.6 Å². The Morgan fingerprint density at radius 1 is 0.952 bits per heavy atom. The molecule has 1 fully saturated rings. The SMILES string of the molecule is O=C(CNCC1CC1)Nc1ccc(-c2ccccc2)cc1. The minimum atomic E-state index is 0.0168. The average molecular weight is 280 g/mol. The standard InChI is InChI=1S/C18H20N2O/c21-18(13-19-12-14-6-7-14)20-17-10-8-16(9-11-17)15-4-2-1-3-5-15/h1-5,8-11,14,19H,6-7,12-13H2,(H,20,21). The quantitative estimate of drug-likeness (QED) is 0.852. The van der Waals surface area contributed by atoms with Crippen molar-refractivity contribution in [2.24, 2.45) is 5.92 Å². The molecule has 0 saturated heterocycles. The smallest absolute Gasteiger partial charge is 0.238 e. The van der Waals surface area contributed by atoms with Crippen molar-refractivity contribution in [3.63, 3.8) is 0 Å². The Morgan fingerprint density at radius 3 is 2.29 bits per heavy atom. The molecular formula is C18H20N2O. The van der Waals surface area contributed by atoms with Crippen LogP contribution in [-0.4, -0.2) is 19.0 Å². The lowest BCUT2D eigenvalue weighted by molar-refractivity contribution is -0.115. The Morgan fingerprint density at radius 2 is 1.62 bits per heavy atom. The molecule has 0 unspecified atom stereocenters. The van der Waals surface area contributed by atoms with Gasteiger partial charge in [0.05, 0.1) is 6.54 Å². The van der Waals surface area contributed by atoms with Gasteiger partial charge in [-0.25, -0.2) is 0 Å². The number of benzene rings is 2. The van der Waals surface area contributed by atoms with Gasteiger partial charge in [0.1, 0.15) is 0 Å². The number of carbonyl (C=O) groups is 1. The summed E-state index contributed by atoms with van der Waals surface area (Å²) in [4.78, 5) is 11.8. The molecule has 1 amide bonds. The molecule has 1 aliphatic rings. The summed E-state index contributed by atoms with van der Waals surface area (Å²) in [6, 6.07) is 18.2. The van der Waals surface area contributed by atoms with Crippen LogP contribution in [0.4, 0.5) is 5.69 Å². The van der Waals surface area contributed by atoms with Crippen LogP contribution in [0, 0.1) is 5.92 Å². The molecule has 21 heavy (non-hydrogen) atoms. The Bertz CT molecular complexity index is 588. The zero-order chi connectivity index (χ0) is 14.5. The van der Waals surface area contributed by atoms with Crippen LogP contribution in [0.5, 0.6) is 0 Å². The fourth-order valence-electron chi connectivity index (χ4n) is 2.29. The molecule has 108 valence electrons. The van der Waals surface area contributed by atoms with Gasteiger partial charge >= 0.3 is 0 Å². The van der Waals surface area contributed by atoms with Crippen LogP contribution >= 0.6 is 0 Å². The number of hydrogen-bond donors (Lipinski definition) is 2. The number of rotatable bonds is 6. The number of carbonyl (C=O) groups excluding carboxylic acids is 1. The average Bonchev–Trinajstić information content (AvgIpc) is 3.33. The molecule has 0 atom stereocenters. The van der Waals surface area contributed by atoms with Crippen LogP contribution in [-0.2, 0) is 4.79 Å². The summed E-state index contributed by atoms with van der Waals surface area (Å²) in [6.45, 7) is 1.34. The zero-order valence-electron chi connectivity index (χ0n) is 12.0. The third kappa shape index (κ3) is 4.17. The second-order valence-corrected chi connectivity index (χ2v) is 5.57. The number of anilines is 1. The van der Waals surface area contributed by atoms with Crippen LogP contribution in [0.15, 0.2) is 54.6 Å². The van der Waals surface area contributed by atoms with Crippen LogP contribution in [0.3, 0.4) is 0 Å². The Hall–Kier alpha value is -2.13. The maximum atomic E-state index is 11.8. The molecule has 0 aromatic heterocycles. The molecule has 2 aromatic carbocycles. The summed E-state index contributed by atoms with van der Waals surface area (Å²) in [5.74, 6) is 0.811. The Kier molecular flexibility index (Phi) is 4.31. The second kappa shape index (κ2) is 6.55. The van der Waals surface area contributed by atoms with Gasteiger partial charge in [-0.3, -0.25) is 4.79 Å². The summed E-state index contributed by atoms with van der Waals surface area (Å²) in [7, 11) is 0. The predicted octanol–water partition coefficient (Wildman–Crippen LogP) is 3.29. The van der Waals surface area contributed by atoms with Crippen LogP contribution < -0.4 is 10.6 Å². The summed E-state index contributed by atoms with van der Waals surface area (Å²) in [5, 5.41) is 6.11. The third-order valence-electron chi connectivity index (χ3n) is 3.69. The largest absolute Gasteiger partial charge is 0.325 e. The Labute approximate surface area is 125 Å². The molecule has 0 radical (unpaired) electrons. The van der Waals surface area contributed by atoms with Crippen LogP contribution in [0.25, 0.3) is 11.1 Å². The van der Waals surface area contributed by atoms with Crippen molar-refractivity contribution < 1.29 is 4.79 Å². The normalized spacial score (nSPS) is 13.9. The number of amides is 1. The highest BCUT2D eigenvalue weighted by molar-refractivity contribution is 5.92. The fourth-order valence-corrected chi connectivity index (χ4v) is 2.29. The maximum absolute atomic E-state index is 11.8. The van der Waals surface area contributed by atoms with Crippen molar-refractivity contribution in [1.82, 2.24) is 5.32 Å². The molecule has 3 heteroatoms. The van der Waals surface area contributed by atoms with E-state index in [1.54, 1.807) is 0 Å². The van der Waals surface area contributed by atoms with Gasteiger partial charge in [-0.1, -0.05) is 42.5 Å². The number of hydrogen-bond acceptors (Lipinski definition) is 2. The second-order valence-electron chi connectivity index (χ2n) is 5.57. The first-order chi connectivity index (χ1) is 10.3. The van der Waals surface area contributed by atoms with E-state index in [4.69, 9.17) is 0 Å². The van der Waals surface area contributed by atoms with E-state index in [2.05, 4.69) is 22.8 Å². The first-order valence-electron chi connectivity index (χ1n) is 7.47. The van der Waals surface area contributed by atoms with Crippen molar-refractivity contribution >= 4 is 11.6 Å². The van der Waals surface area contributed by atoms with E-state index in [9.17, 15) is 4.79 Å². The lowest BCUT2D eigenvalue weighted by atomic mass is 10.1. The van der Waals surface area contributed by atoms with E-state index in [1.165, 1.54) is 18.4 Å². The van der Waals surface area contributed by atoms with Gasteiger partial charge in [0.2, 0.25) is 5.91 Å². The van der Waals surface area contributed by atoms with Crippen molar-refractivity contribution in [2.45, 2.75) is 12.8 Å². The van der Waals surface area contributed by atoms with Crippen molar-refractivity contribution in [2.75, 3.05) is 18.4 Å². The topological polar surface area (TPSA) is 41.1 Å². The molecule has 1 saturated carbocycles. The van der Waals surface area contributed by atoms with E-state index in [0.29, 0.717) is 6.54 Å². The molecule has 0 spiro atoms. The van der Waals surface area contributed by atoms with Gasteiger partial charge in [-0.05, 0) is 48.6 Å². The molecule has 0 heterocycles. The van der Waals surface area contributed by atoms with Crippen LogP contribution in [0.1, 0.15) is 12.8 Å². The monoisotopic (exact) mass is 280 g/mol. The van der Waals surface area contributed by atoms with E-state index >= 15 is 0 Å². The van der Waals surface area contributed by atoms with E-state index in [0.717, 1.165) is 23.7 Å². The van der Waals surface area contributed by atoms with Gasteiger partial charge in [0.25, 0.3) is 0 Å². The molecule has 2 N–H and O–H groups in total. The molecule has 0 aliphatic heterocycles. The predicted molar refractivity (Wildman–Crippen MR) is 86.1 cm³/mol. The maximum Gasteiger partial charge on any atom is 0.238 e.